The predicted molar refractivity (Wildman–Crippen MR) is 87.3 cm³/mol. The molecule has 0 saturated carbocycles. The molecule has 1 aromatic rings. The highest BCUT2D eigenvalue weighted by atomic mass is 35.5. The van der Waals surface area contributed by atoms with Gasteiger partial charge in [-0.25, -0.2) is 4.98 Å². The number of rotatable bonds is 8. The van der Waals surface area contributed by atoms with E-state index in [1.54, 1.807) is 0 Å². The van der Waals surface area contributed by atoms with Crippen LogP contribution in [0.3, 0.4) is 0 Å². The van der Waals surface area contributed by atoms with Crippen LogP contribution in [0.15, 0.2) is 12.1 Å². The third kappa shape index (κ3) is 5.59. The van der Waals surface area contributed by atoms with E-state index in [1.807, 2.05) is 23.9 Å². The third-order valence-corrected chi connectivity index (χ3v) is 4.19. The Morgan fingerprint density at radius 1 is 1.47 bits per heavy atom. The zero-order valence-corrected chi connectivity index (χ0v) is 13.8. The minimum absolute atomic E-state index is 0.514. The van der Waals surface area contributed by atoms with E-state index in [-0.39, 0.29) is 0 Å². The standard InChI is InChI=1S/C14H24ClN3S/c1-5-8-16-14-7-6-12(15)13(17-14)9-18(3)11(2)10-19-4/h6-7,11H,5,8-10H2,1-4H3,(H,16,17). The number of halogens is 1. The van der Waals surface area contributed by atoms with Gasteiger partial charge in [-0.1, -0.05) is 18.5 Å². The van der Waals surface area contributed by atoms with Gasteiger partial charge in [-0.3, -0.25) is 4.90 Å². The highest BCUT2D eigenvalue weighted by molar-refractivity contribution is 7.98. The van der Waals surface area contributed by atoms with Gasteiger partial charge in [0.15, 0.2) is 0 Å². The lowest BCUT2D eigenvalue weighted by atomic mass is 10.3. The molecule has 0 spiro atoms. The summed E-state index contributed by atoms with van der Waals surface area (Å²) < 4.78 is 0. The van der Waals surface area contributed by atoms with Gasteiger partial charge in [0.2, 0.25) is 0 Å². The molecule has 0 fully saturated rings. The molecule has 1 aromatic heterocycles. The highest BCUT2D eigenvalue weighted by Gasteiger charge is 2.12. The smallest absolute Gasteiger partial charge is 0.126 e. The Morgan fingerprint density at radius 2 is 2.21 bits per heavy atom. The maximum atomic E-state index is 6.23. The fourth-order valence-electron chi connectivity index (χ4n) is 1.71. The van der Waals surface area contributed by atoms with E-state index in [4.69, 9.17) is 11.6 Å². The first-order valence-corrected chi connectivity index (χ1v) is 8.44. The summed E-state index contributed by atoms with van der Waals surface area (Å²) in [4.78, 5) is 6.89. The van der Waals surface area contributed by atoms with Crippen molar-refractivity contribution in [3.8, 4) is 0 Å². The molecule has 1 atom stereocenters. The number of hydrogen-bond acceptors (Lipinski definition) is 4. The molecular weight excluding hydrogens is 278 g/mol. The first kappa shape index (κ1) is 16.6. The van der Waals surface area contributed by atoms with Crippen molar-refractivity contribution in [2.45, 2.75) is 32.9 Å². The lowest BCUT2D eigenvalue weighted by Gasteiger charge is -2.24. The Hall–Kier alpha value is -0.450. The van der Waals surface area contributed by atoms with Crippen molar-refractivity contribution in [2.75, 3.05) is 30.9 Å². The summed E-state index contributed by atoms with van der Waals surface area (Å²) in [6, 6.07) is 4.38. The van der Waals surface area contributed by atoms with E-state index in [0.717, 1.165) is 41.8 Å². The van der Waals surface area contributed by atoms with Gasteiger partial charge < -0.3 is 5.32 Å². The van der Waals surface area contributed by atoms with Gasteiger partial charge in [0.25, 0.3) is 0 Å². The number of thioether (sulfide) groups is 1. The molecule has 0 bridgehead atoms. The van der Waals surface area contributed by atoms with Crippen LogP contribution in [0.5, 0.6) is 0 Å². The zero-order valence-electron chi connectivity index (χ0n) is 12.2. The highest BCUT2D eigenvalue weighted by Crippen LogP contribution is 2.19. The van der Waals surface area contributed by atoms with E-state index in [0.29, 0.717) is 6.04 Å². The quantitative estimate of drug-likeness (QED) is 0.792. The van der Waals surface area contributed by atoms with Crippen molar-refractivity contribution in [1.82, 2.24) is 9.88 Å². The van der Waals surface area contributed by atoms with Crippen molar-refractivity contribution in [3.05, 3.63) is 22.8 Å². The van der Waals surface area contributed by atoms with Gasteiger partial charge in [-0.2, -0.15) is 11.8 Å². The molecule has 0 aliphatic rings. The molecule has 1 unspecified atom stereocenters. The van der Waals surface area contributed by atoms with Gasteiger partial charge in [-0.15, -0.1) is 0 Å². The second-order valence-corrected chi connectivity index (χ2v) is 6.09. The lowest BCUT2D eigenvalue weighted by molar-refractivity contribution is 0.267. The summed E-state index contributed by atoms with van der Waals surface area (Å²) in [5.41, 5.74) is 0.943. The third-order valence-electron chi connectivity index (χ3n) is 3.03. The maximum Gasteiger partial charge on any atom is 0.126 e. The number of nitrogens with one attached hydrogen (secondary N) is 1. The fraction of sp³-hybridized carbons (Fsp3) is 0.643. The second kappa shape index (κ2) is 8.67. The summed E-state index contributed by atoms with van der Waals surface area (Å²) in [5, 5.41) is 4.04. The van der Waals surface area contributed by atoms with Crippen LogP contribution in [0.2, 0.25) is 5.02 Å². The first-order chi connectivity index (χ1) is 9.08. The number of aromatic nitrogens is 1. The van der Waals surface area contributed by atoms with Crippen molar-refractivity contribution in [2.24, 2.45) is 0 Å². The van der Waals surface area contributed by atoms with Crippen LogP contribution in [0, 0.1) is 0 Å². The van der Waals surface area contributed by atoms with Crippen LogP contribution in [-0.2, 0) is 6.54 Å². The second-order valence-electron chi connectivity index (χ2n) is 4.77. The van der Waals surface area contributed by atoms with Crippen LogP contribution in [0.1, 0.15) is 26.0 Å². The van der Waals surface area contributed by atoms with E-state index in [9.17, 15) is 0 Å². The molecule has 3 nitrogen and oxygen atoms in total. The molecule has 1 rings (SSSR count). The monoisotopic (exact) mass is 301 g/mol. The summed E-state index contributed by atoms with van der Waals surface area (Å²) in [6.45, 7) is 6.08. The van der Waals surface area contributed by atoms with Crippen LogP contribution in [0.4, 0.5) is 5.82 Å². The Bertz CT molecular complexity index is 387. The van der Waals surface area contributed by atoms with E-state index >= 15 is 0 Å². The van der Waals surface area contributed by atoms with Crippen molar-refractivity contribution in [3.63, 3.8) is 0 Å². The van der Waals surface area contributed by atoms with Crippen LogP contribution >= 0.6 is 23.4 Å². The van der Waals surface area contributed by atoms with Gasteiger partial charge in [0, 0.05) is 24.9 Å². The summed E-state index contributed by atoms with van der Waals surface area (Å²) in [7, 11) is 2.12. The van der Waals surface area contributed by atoms with E-state index < -0.39 is 0 Å². The molecule has 1 N–H and O–H groups in total. The summed E-state index contributed by atoms with van der Waals surface area (Å²) in [6.07, 6.45) is 3.22. The number of hydrogen-bond donors (Lipinski definition) is 1. The molecule has 0 aliphatic carbocycles. The van der Waals surface area contributed by atoms with Gasteiger partial charge >= 0.3 is 0 Å². The Labute approximate surface area is 126 Å². The van der Waals surface area contributed by atoms with E-state index in [1.165, 1.54) is 0 Å². The van der Waals surface area contributed by atoms with Crippen molar-refractivity contribution >= 4 is 29.2 Å². The topological polar surface area (TPSA) is 28.2 Å². The minimum Gasteiger partial charge on any atom is -0.370 e. The van der Waals surface area contributed by atoms with Crippen molar-refractivity contribution < 1.29 is 0 Å². The van der Waals surface area contributed by atoms with E-state index in [2.05, 4.69) is 42.4 Å². The Balaban J connectivity index is 2.70. The maximum absolute atomic E-state index is 6.23. The largest absolute Gasteiger partial charge is 0.370 e. The predicted octanol–water partition coefficient (Wildman–Crippen LogP) is 3.74. The molecule has 0 saturated heterocycles. The van der Waals surface area contributed by atoms with Gasteiger partial charge in [0.1, 0.15) is 5.82 Å². The Morgan fingerprint density at radius 3 is 2.84 bits per heavy atom. The fourth-order valence-corrected chi connectivity index (χ4v) is 2.61. The molecule has 0 aliphatic heterocycles. The molecular formula is C14H24ClN3S. The molecule has 5 heteroatoms. The molecule has 19 heavy (non-hydrogen) atoms. The Kier molecular flexibility index (Phi) is 7.57. The first-order valence-electron chi connectivity index (χ1n) is 6.67. The number of anilines is 1. The number of pyridine rings is 1. The molecule has 0 amide bonds. The average Bonchev–Trinajstić information content (AvgIpc) is 2.39. The van der Waals surface area contributed by atoms with Gasteiger partial charge in [-0.05, 0) is 38.8 Å². The molecule has 0 aromatic carbocycles. The summed E-state index contributed by atoms with van der Waals surface area (Å²) in [5.74, 6) is 2.02. The van der Waals surface area contributed by atoms with Gasteiger partial charge in [0.05, 0.1) is 10.7 Å². The average molecular weight is 302 g/mol. The minimum atomic E-state index is 0.514. The molecule has 1 heterocycles. The normalized spacial score (nSPS) is 12.7. The zero-order chi connectivity index (χ0) is 14.3. The summed E-state index contributed by atoms with van der Waals surface area (Å²) >= 11 is 8.09. The number of nitrogens with zero attached hydrogens (tertiary/aromatic N) is 2. The molecule has 108 valence electrons. The lowest BCUT2D eigenvalue weighted by Crippen LogP contribution is -2.31. The van der Waals surface area contributed by atoms with Crippen LogP contribution in [0.25, 0.3) is 0 Å². The SMILES string of the molecule is CCCNc1ccc(Cl)c(CN(C)C(C)CSC)n1. The van der Waals surface area contributed by atoms with Crippen LogP contribution in [-0.4, -0.2) is 41.5 Å². The van der Waals surface area contributed by atoms with Crippen LogP contribution < -0.4 is 5.32 Å². The van der Waals surface area contributed by atoms with Crippen molar-refractivity contribution in [1.29, 1.82) is 0 Å². The molecule has 0 radical (unpaired) electrons.